The molecule has 0 bridgehead atoms. The highest BCUT2D eigenvalue weighted by molar-refractivity contribution is 5.87. The molecule has 1 aliphatic heterocycles. The Bertz CT molecular complexity index is 757. The molecule has 1 fully saturated rings. The molecule has 24 heavy (non-hydrogen) atoms. The summed E-state index contributed by atoms with van der Waals surface area (Å²) < 4.78 is 5.42. The van der Waals surface area contributed by atoms with Gasteiger partial charge in [0, 0.05) is 12.5 Å². The van der Waals surface area contributed by atoms with Crippen LogP contribution in [0.1, 0.15) is 23.5 Å². The van der Waals surface area contributed by atoms with E-state index in [1.54, 1.807) is 0 Å². The zero-order valence-corrected chi connectivity index (χ0v) is 13.1. The Hall–Kier alpha value is -2.82. The maximum Gasteiger partial charge on any atom is 0.407 e. The van der Waals surface area contributed by atoms with E-state index in [4.69, 9.17) is 4.74 Å². The number of amides is 2. The SMILES string of the molecule is O=C(N[C@@H]1CCNC1=O)OCC1c2ccccc2-c2ccccc21. The number of carbonyl (C=O) groups excluding carboxylic acids is 2. The molecule has 5 heteroatoms. The average molecular weight is 322 g/mol. The Morgan fingerprint density at radius 2 is 1.71 bits per heavy atom. The first-order chi connectivity index (χ1) is 11.7. The van der Waals surface area contributed by atoms with Crippen molar-refractivity contribution in [3.8, 4) is 11.1 Å². The van der Waals surface area contributed by atoms with Gasteiger partial charge in [0.05, 0.1) is 0 Å². The molecule has 122 valence electrons. The quantitative estimate of drug-likeness (QED) is 0.912. The summed E-state index contributed by atoms with van der Waals surface area (Å²) in [7, 11) is 0. The summed E-state index contributed by atoms with van der Waals surface area (Å²) in [6.45, 7) is 0.849. The minimum absolute atomic E-state index is 0.0283. The lowest BCUT2D eigenvalue weighted by Gasteiger charge is -2.15. The number of hydrogen-bond donors (Lipinski definition) is 2. The van der Waals surface area contributed by atoms with Gasteiger partial charge in [-0.1, -0.05) is 48.5 Å². The summed E-state index contributed by atoms with van der Waals surface area (Å²) in [5, 5.41) is 5.32. The van der Waals surface area contributed by atoms with Gasteiger partial charge in [-0.05, 0) is 28.7 Å². The molecule has 5 nitrogen and oxygen atoms in total. The van der Waals surface area contributed by atoms with Gasteiger partial charge in [0.15, 0.2) is 0 Å². The third kappa shape index (κ3) is 2.52. The van der Waals surface area contributed by atoms with Crippen molar-refractivity contribution < 1.29 is 14.3 Å². The van der Waals surface area contributed by atoms with Gasteiger partial charge in [-0.25, -0.2) is 4.79 Å². The molecule has 1 heterocycles. The second kappa shape index (κ2) is 6.00. The molecule has 0 spiro atoms. The Morgan fingerprint density at radius 3 is 2.29 bits per heavy atom. The summed E-state index contributed by atoms with van der Waals surface area (Å²) >= 11 is 0. The van der Waals surface area contributed by atoms with Crippen molar-refractivity contribution in [1.82, 2.24) is 10.6 Å². The summed E-state index contributed by atoms with van der Waals surface area (Å²) in [4.78, 5) is 23.5. The summed E-state index contributed by atoms with van der Waals surface area (Å²) in [5.41, 5.74) is 4.73. The molecule has 4 rings (SSSR count). The first-order valence-electron chi connectivity index (χ1n) is 8.13. The molecular weight excluding hydrogens is 304 g/mol. The highest BCUT2D eigenvalue weighted by atomic mass is 16.5. The van der Waals surface area contributed by atoms with E-state index in [9.17, 15) is 9.59 Å². The minimum Gasteiger partial charge on any atom is -0.449 e. The van der Waals surface area contributed by atoms with E-state index in [1.807, 2.05) is 24.3 Å². The standard InChI is InChI=1S/C19H18N2O3/c22-18-17(9-10-20-18)21-19(23)24-11-16-14-7-3-1-5-12(14)13-6-2-4-8-15(13)16/h1-8,16-17H,9-11H2,(H,20,22)(H,21,23)/t17-/m1/s1. The van der Waals surface area contributed by atoms with Crippen LogP contribution in [0.15, 0.2) is 48.5 Å². The number of hydrogen-bond acceptors (Lipinski definition) is 3. The van der Waals surface area contributed by atoms with Crippen LogP contribution in [0.5, 0.6) is 0 Å². The molecule has 1 atom stereocenters. The van der Waals surface area contributed by atoms with Gasteiger partial charge in [-0.3, -0.25) is 4.79 Å². The molecule has 1 saturated heterocycles. The molecule has 2 N–H and O–H groups in total. The van der Waals surface area contributed by atoms with Gasteiger partial charge in [0.25, 0.3) is 0 Å². The van der Waals surface area contributed by atoms with Crippen molar-refractivity contribution in [2.75, 3.05) is 13.2 Å². The van der Waals surface area contributed by atoms with Crippen molar-refractivity contribution in [1.29, 1.82) is 0 Å². The highest BCUT2D eigenvalue weighted by Gasteiger charge is 2.30. The summed E-state index contributed by atoms with van der Waals surface area (Å²) in [5.74, 6) is -0.121. The molecule has 0 saturated carbocycles. The lowest BCUT2D eigenvalue weighted by atomic mass is 9.98. The maximum atomic E-state index is 12.0. The predicted molar refractivity (Wildman–Crippen MR) is 89.6 cm³/mol. The Labute approximate surface area is 140 Å². The molecule has 2 aromatic carbocycles. The number of alkyl carbamates (subject to hydrolysis) is 1. The number of carbonyl (C=O) groups is 2. The lowest BCUT2D eigenvalue weighted by Crippen LogP contribution is -2.40. The first kappa shape index (κ1) is 14.8. The predicted octanol–water partition coefficient (Wildman–Crippen LogP) is 2.41. The molecule has 2 aromatic rings. The third-order valence-corrected chi connectivity index (χ3v) is 4.68. The van der Waals surface area contributed by atoms with E-state index in [2.05, 4.69) is 34.9 Å². The van der Waals surface area contributed by atoms with Gasteiger partial charge in [0.1, 0.15) is 12.6 Å². The Balaban J connectivity index is 1.48. The number of rotatable bonds is 3. The van der Waals surface area contributed by atoms with Gasteiger partial charge in [-0.2, -0.15) is 0 Å². The van der Waals surface area contributed by atoms with Crippen LogP contribution in [0.25, 0.3) is 11.1 Å². The van der Waals surface area contributed by atoms with Crippen LogP contribution in [0.2, 0.25) is 0 Å². The number of fused-ring (bicyclic) bond motifs is 3. The van der Waals surface area contributed by atoms with E-state index in [1.165, 1.54) is 22.3 Å². The zero-order valence-electron chi connectivity index (χ0n) is 13.1. The normalized spacial score (nSPS) is 18.7. The highest BCUT2D eigenvalue weighted by Crippen LogP contribution is 2.44. The number of benzene rings is 2. The van der Waals surface area contributed by atoms with E-state index < -0.39 is 12.1 Å². The fourth-order valence-corrected chi connectivity index (χ4v) is 3.51. The van der Waals surface area contributed by atoms with Crippen molar-refractivity contribution in [2.45, 2.75) is 18.4 Å². The second-order valence-corrected chi connectivity index (χ2v) is 6.10. The van der Waals surface area contributed by atoms with E-state index in [0.717, 1.165) is 0 Å². The molecule has 2 amide bonds. The van der Waals surface area contributed by atoms with Crippen molar-refractivity contribution in [2.24, 2.45) is 0 Å². The van der Waals surface area contributed by atoms with Gasteiger partial charge >= 0.3 is 6.09 Å². The number of ether oxygens (including phenoxy) is 1. The van der Waals surface area contributed by atoms with Crippen LogP contribution >= 0.6 is 0 Å². The van der Waals surface area contributed by atoms with Crippen molar-refractivity contribution in [3.63, 3.8) is 0 Å². The van der Waals surface area contributed by atoms with Crippen LogP contribution < -0.4 is 10.6 Å². The van der Waals surface area contributed by atoms with Crippen molar-refractivity contribution in [3.05, 3.63) is 59.7 Å². The van der Waals surface area contributed by atoms with Crippen LogP contribution in [0.4, 0.5) is 4.79 Å². The zero-order chi connectivity index (χ0) is 16.5. The number of nitrogens with one attached hydrogen (secondary N) is 2. The van der Waals surface area contributed by atoms with Crippen LogP contribution in [-0.2, 0) is 9.53 Å². The molecule has 1 aliphatic carbocycles. The largest absolute Gasteiger partial charge is 0.449 e. The topological polar surface area (TPSA) is 67.4 Å². The summed E-state index contributed by atoms with van der Waals surface area (Å²) in [6.07, 6.45) is 0.0576. The first-order valence-corrected chi connectivity index (χ1v) is 8.13. The van der Waals surface area contributed by atoms with E-state index >= 15 is 0 Å². The Kier molecular flexibility index (Phi) is 3.69. The molecular formula is C19H18N2O3. The monoisotopic (exact) mass is 322 g/mol. The smallest absolute Gasteiger partial charge is 0.407 e. The average Bonchev–Trinajstić information content (AvgIpc) is 3.15. The van der Waals surface area contributed by atoms with Gasteiger partial charge in [-0.15, -0.1) is 0 Å². The van der Waals surface area contributed by atoms with E-state index in [-0.39, 0.29) is 18.4 Å². The van der Waals surface area contributed by atoms with E-state index in [0.29, 0.717) is 13.0 Å². The maximum absolute atomic E-state index is 12.0. The van der Waals surface area contributed by atoms with Crippen LogP contribution in [0.3, 0.4) is 0 Å². The summed E-state index contributed by atoms with van der Waals surface area (Å²) in [6, 6.07) is 15.9. The van der Waals surface area contributed by atoms with Gasteiger partial charge in [0.2, 0.25) is 5.91 Å². The van der Waals surface area contributed by atoms with Gasteiger partial charge < -0.3 is 15.4 Å². The van der Waals surface area contributed by atoms with Crippen molar-refractivity contribution >= 4 is 12.0 Å². The van der Waals surface area contributed by atoms with Crippen LogP contribution in [0, 0.1) is 0 Å². The van der Waals surface area contributed by atoms with Crippen LogP contribution in [-0.4, -0.2) is 31.2 Å². The second-order valence-electron chi connectivity index (χ2n) is 6.10. The fourth-order valence-electron chi connectivity index (χ4n) is 3.51. The fraction of sp³-hybridized carbons (Fsp3) is 0.263. The third-order valence-electron chi connectivity index (χ3n) is 4.68. The lowest BCUT2D eigenvalue weighted by molar-refractivity contribution is -0.120. The molecule has 0 aromatic heterocycles. The Morgan fingerprint density at radius 1 is 1.08 bits per heavy atom. The molecule has 0 radical (unpaired) electrons. The minimum atomic E-state index is -0.543. The molecule has 2 aliphatic rings. The molecule has 0 unspecified atom stereocenters.